The summed E-state index contributed by atoms with van der Waals surface area (Å²) in [6.45, 7) is 5.55. The molecule has 1 aromatic carbocycles. The Morgan fingerprint density at radius 2 is 2.10 bits per heavy atom. The van der Waals surface area contributed by atoms with Crippen LogP contribution in [0.1, 0.15) is 26.3 Å². The molecule has 2 N–H and O–H groups in total. The second-order valence-corrected chi connectivity index (χ2v) is 6.45. The number of hydrogen-bond acceptors (Lipinski definition) is 3. The smallest absolute Gasteiger partial charge is 0.407 e. The van der Waals surface area contributed by atoms with Gasteiger partial charge in [-0.15, -0.1) is 0 Å². The summed E-state index contributed by atoms with van der Waals surface area (Å²) in [6, 6.07) is 8.05. The maximum atomic E-state index is 11.8. The van der Waals surface area contributed by atoms with E-state index in [2.05, 4.69) is 29.0 Å². The number of carbonyl (C=O) groups is 1. The highest BCUT2D eigenvalue weighted by molar-refractivity contribution is 7.80. The minimum atomic E-state index is -0.494. The van der Waals surface area contributed by atoms with Crippen LogP contribution in [0.3, 0.4) is 0 Å². The van der Waals surface area contributed by atoms with E-state index in [0.717, 1.165) is 5.52 Å². The van der Waals surface area contributed by atoms with Crippen molar-refractivity contribution < 1.29 is 9.53 Å². The van der Waals surface area contributed by atoms with Crippen LogP contribution >= 0.6 is 12.6 Å². The zero-order valence-corrected chi connectivity index (χ0v) is 13.5. The number of aromatic nitrogens is 1. The number of carbonyl (C=O) groups excluding carboxylic acids is 1. The molecule has 0 bridgehead atoms. The molecule has 0 fully saturated rings. The van der Waals surface area contributed by atoms with Crippen LogP contribution in [0, 0.1) is 0 Å². The summed E-state index contributed by atoms with van der Waals surface area (Å²) in [6.07, 6.45) is 2.30. The van der Waals surface area contributed by atoms with E-state index in [-0.39, 0.29) is 6.04 Å². The van der Waals surface area contributed by atoms with E-state index in [1.807, 2.05) is 45.2 Å². The fraction of sp³-hybridized carbons (Fsp3) is 0.438. The maximum Gasteiger partial charge on any atom is 0.407 e. The molecule has 5 heteroatoms. The number of para-hydroxylation sites is 1. The lowest BCUT2D eigenvalue weighted by molar-refractivity contribution is 0.0509. The monoisotopic (exact) mass is 306 g/mol. The number of fused-ring (bicyclic) bond motifs is 1. The standard InChI is InChI=1S/C16H22N2O2S/c1-16(2,3)20-15(19)18-12(10-21)8-11-9-17-14-7-5-4-6-13(11)14/h4-7,9,12,17,21H,8,10H2,1-3H3,(H,18,19)/t12-/m0/s1. The summed E-state index contributed by atoms with van der Waals surface area (Å²) in [5.74, 6) is 0.554. The number of alkyl carbamates (subject to hydrolysis) is 1. The van der Waals surface area contributed by atoms with Crippen molar-refractivity contribution in [2.75, 3.05) is 5.75 Å². The minimum absolute atomic E-state index is 0.0672. The van der Waals surface area contributed by atoms with E-state index in [0.29, 0.717) is 12.2 Å². The molecule has 0 saturated carbocycles. The third kappa shape index (κ3) is 4.43. The second kappa shape index (κ2) is 6.43. The van der Waals surface area contributed by atoms with Crippen molar-refractivity contribution in [2.45, 2.75) is 38.8 Å². The lowest BCUT2D eigenvalue weighted by atomic mass is 10.1. The normalized spacial score (nSPS) is 13.1. The molecule has 0 aliphatic heterocycles. The predicted octanol–water partition coefficient (Wildman–Crippen LogP) is 3.53. The van der Waals surface area contributed by atoms with Crippen LogP contribution in [-0.2, 0) is 11.2 Å². The van der Waals surface area contributed by atoms with Crippen LogP contribution in [-0.4, -0.2) is 28.5 Å². The Bertz CT molecular complexity index is 616. The van der Waals surface area contributed by atoms with Crippen molar-refractivity contribution in [1.82, 2.24) is 10.3 Å². The van der Waals surface area contributed by atoms with E-state index in [1.54, 1.807) is 0 Å². The molecular weight excluding hydrogens is 284 g/mol. The third-order valence-electron chi connectivity index (χ3n) is 3.08. The number of aromatic amines is 1. The molecule has 0 spiro atoms. The van der Waals surface area contributed by atoms with Gasteiger partial charge in [-0.25, -0.2) is 4.79 Å². The zero-order chi connectivity index (χ0) is 15.5. The van der Waals surface area contributed by atoms with Gasteiger partial charge in [0.25, 0.3) is 0 Å². The summed E-state index contributed by atoms with van der Waals surface area (Å²) < 4.78 is 5.28. The van der Waals surface area contributed by atoms with Crippen LogP contribution in [0.25, 0.3) is 10.9 Å². The highest BCUT2D eigenvalue weighted by Gasteiger charge is 2.19. The molecule has 1 amide bonds. The molecule has 1 aromatic heterocycles. The molecule has 114 valence electrons. The molecule has 0 unspecified atom stereocenters. The number of rotatable bonds is 4. The number of H-pyrrole nitrogens is 1. The van der Waals surface area contributed by atoms with Gasteiger partial charge in [-0.1, -0.05) is 18.2 Å². The molecule has 4 nitrogen and oxygen atoms in total. The lowest BCUT2D eigenvalue weighted by Gasteiger charge is -2.22. The van der Waals surface area contributed by atoms with Crippen LogP contribution < -0.4 is 5.32 Å². The van der Waals surface area contributed by atoms with E-state index in [9.17, 15) is 4.79 Å². The Balaban J connectivity index is 2.04. The average Bonchev–Trinajstić information content (AvgIpc) is 2.79. The fourth-order valence-electron chi connectivity index (χ4n) is 2.20. The predicted molar refractivity (Wildman–Crippen MR) is 89.0 cm³/mol. The van der Waals surface area contributed by atoms with Crippen molar-refractivity contribution in [3.63, 3.8) is 0 Å². The average molecular weight is 306 g/mol. The first-order valence-corrected chi connectivity index (χ1v) is 7.67. The van der Waals surface area contributed by atoms with Crippen molar-refractivity contribution in [3.05, 3.63) is 36.0 Å². The van der Waals surface area contributed by atoms with Gasteiger partial charge >= 0.3 is 6.09 Å². The van der Waals surface area contributed by atoms with Gasteiger partial charge in [0.05, 0.1) is 0 Å². The summed E-state index contributed by atoms with van der Waals surface area (Å²) in [7, 11) is 0. The molecule has 1 atom stereocenters. The Labute approximate surface area is 130 Å². The SMILES string of the molecule is CC(C)(C)OC(=O)N[C@H](CS)Cc1c[nH]c2ccccc12. The van der Waals surface area contributed by atoms with Crippen LogP contribution in [0.5, 0.6) is 0 Å². The van der Waals surface area contributed by atoms with Crippen LogP contribution in [0.4, 0.5) is 4.79 Å². The molecule has 0 radical (unpaired) electrons. The van der Waals surface area contributed by atoms with Crippen molar-refractivity contribution in [3.8, 4) is 0 Å². The van der Waals surface area contributed by atoms with E-state index >= 15 is 0 Å². The molecular formula is C16H22N2O2S. The van der Waals surface area contributed by atoms with E-state index in [1.165, 1.54) is 10.9 Å². The van der Waals surface area contributed by atoms with Crippen LogP contribution in [0.2, 0.25) is 0 Å². The third-order valence-corrected chi connectivity index (χ3v) is 3.52. The first-order valence-electron chi connectivity index (χ1n) is 7.04. The molecule has 2 rings (SSSR count). The number of ether oxygens (including phenoxy) is 1. The zero-order valence-electron chi connectivity index (χ0n) is 12.6. The van der Waals surface area contributed by atoms with Gasteiger partial charge in [0, 0.05) is 28.9 Å². The van der Waals surface area contributed by atoms with Gasteiger partial charge in [-0.05, 0) is 38.8 Å². The first kappa shape index (κ1) is 15.8. The highest BCUT2D eigenvalue weighted by atomic mass is 32.1. The minimum Gasteiger partial charge on any atom is -0.444 e. The number of benzene rings is 1. The van der Waals surface area contributed by atoms with Gasteiger partial charge in [0.15, 0.2) is 0 Å². The molecule has 0 aliphatic carbocycles. The Kier molecular flexibility index (Phi) is 4.83. The fourth-order valence-corrected chi connectivity index (χ4v) is 2.42. The summed E-state index contributed by atoms with van der Waals surface area (Å²) in [5, 5.41) is 4.05. The quantitative estimate of drug-likeness (QED) is 0.757. The largest absolute Gasteiger partial charge is 0.444 e. The van der Waals surface area contributed by atoms with Gasteiger partial charge in [-0.2, -0.15) is 12.6 Å². The van der Waals surface area contributed by atoms with Crippen molar-refractivity contribution >= 4 is 29.6 Å². The maximum absolute atomic E-state index is 11.8. The topological polar surface area (TPSA) is 54.1 Å². The van der Waals surface area contributed by atoms with Gasteiger partial charge in [0.1, 0.15) is 5.60 Å². The lowest BCUT2D eigenvalue weighted by Crippen LogP contribution is -2.41. The Hall–Kier alpha value is -1.62. The molecule has 2 aromatic rings. The van der Waals surface area contributed by atoms with E-state index < -0.39 is 11.7 Å². The number of amides is 1. The Morgan fingerprint density at radius 1 is 1.38 bits per heavy atom. The summed E-state index contributed by atoms with van der Waals surface area (Å²) in [5.41, 5.74) is 1.77. The van der Waals surface area contributed by atoms with Gasteiger partial charge < -0.3 is 15.0 Å². The second-order valence-electron chi connectivity index (χ2n) is 6.09. The highest BCUT2D eigenvalue weighted by Crippen LogP contribution is 2.19. The van der Waals surface area contributed by atoms with Crippen LogP contribution in [0.15, 0.2) is 30.5 Å². The molecule has 21 heavy (non-hydrogen) atoms. The Morgan fingerprint density at radius 3 is 2.76 bits per heavy atom. The molecule has 1 heterocycles. The summed E-state index contributed by atoms with van der Waals surface area (Å²) in [4.78, 5) is 15.1. The number of hydrogen-bond donors (Lipinski definition) is 3. The molecule has 0 saturated heterocycles. The number of thiol groups is 1. The van der Waals surface area contributed by atoms with Crippen molar-refractivity contribution in [2.24, 2.45) is 0 Å². The van der Waals surface area contributed by atoms with E-state index in [4.69, 9.17) is 4.74 Å². The molecule has 0 aliphatic rings. The van der Waals surface area contributed by atoms with Crippen molar-refractivity contribution in [1.29, 1.82) is 0 Å². The first-order chi connectivity index (χ1) is 9.89. The number of nitrogens with one attached hydrogen (secondary N) is 2. The van der Waals surface area contributed by atoms with Gasteiger partial charge in [-0.3, -0.25) is 0 Å². The summed E-state index contributed by atoms with van der Waals surface area (Å²) >= 11 is 4.33. The van der Waals surface area contributed by atoms with Gasteiger partial charge in [0.2, 0.25) is 0 Å².